The molecule has 0 spiro atoms. The summed E-state index contributed by atoms with van der Waals surface area (Å²) in [6.45, 7) is 2.30. The second kappa shape index (κ2) is 10.2. The average Bonchev–Trinajstić information content (AvgIpc) is 3.27. The van der Waals surface area contributed by atoms with E-state index in [1.54, 1.807) is 43.3 Å². The molecule has 34 heavy (non-hydrogen) atoms. The van der Waals surface area contributed by atoms with Gasteiger partial charge in [-0.1, -0.05) is 35.5 Å². The first-order valence-electron chi connectivity index (χ1n) is 11.0. The van der Waals surface area contributed by atoms with Gasteiger partial charge in [0, 0.05) is 30.4 Å². The van der Waals surface area contributed by atoms with Crippen molar-refractivity contribution < 1.29 is 22.5 Å². The van der Waals surface area contributed by atoms with E-state index in [1.165, 1.54) is 10.5 Å². The van der Waals surface area contributed by atoms with Crippen LogP contribution in [0.1, 0.15) is 34.5 Å². The van der Waals surface area contributed by atoms with E-state index >= 15 is 0 Å². The Bertz CT molecular complexity index is 1250. The zero-order valence-corrected chi connectivity index (χ0v) is 19.5. The summed E-state index contributed by atoms with van der Waals surface area (Å²) in [4.78, 5) is 24.9. The minimum absolute atomic E-state index is 0.0374. The van der Waals surface area contributed by atoms with Gasteiger partial charge in [0.25, 0.3) is 5.91 Å². The minimum Gasteiger partial charge on any atom is -0.361 e. The molecule has 1 aliphatic rings. The smallest absolute Gasteiger partial charge is 0.260 e. The maximum Gasteiger partial charge on any atom is 0.260 e. The van der Waals surface area contributed by atoms with Crippen molar-refractivity contribution in [1.82, 2.24) is 9.46 Å². The van der Waals surface area contributed by atoms with Crippen molar-refractivity contribution in [2.24, 2.45) is 5.92 Å². The predicted molar refractivity (Wildman–Crippen MR) is 128 cm³/mol. The molecule has 2 N–H and O–H groups in total. The van der Waals surface area contributed by atoms with Gasteiger partial charge in [-0.3, -0.25) is 9.59 Å². The van der Waals surface area contributed by atoms with Gasteiger partial charge in [0.05, 0.1) is 11.9 Å². The van der Waals surface area contributed by atoms with E-state index in [-0.39, 0.29) is 23.5 Å². The number of sulfonamides is 1. The Morgan fingerprint density at radius 3 is 2.21 bits per heavy atom. The highest BCUT2D eigenvalue weighted by molar-refractivity contribution is 7.88. The third-order valence-electron chi connectivity index (χ3n) is 5.82. The molecule has 0 atom stereocenters. The zero-order chi connectivity index (χ0) is 24.1. The molecule has 2 aromatic carbocycles. The Morgan fingerprint density at radius 1 is 1.00 bits per heavy atom. The van der Waals surface area contributed by atoms with Crippen LogP contribution in [-0.2, 0) is 20.6 Å². The molecule has 1 fully saturated rings. The number of hydrogen-bond donors (Lipinski definition) is 2. The molecule has 2 amide bonds. The summed E-state index contributed by atoms with van der Waals surface area (Å²) >= 11 is 0. The second-order valence-electron chi connectivity index (χ2n) is 8.23. The molecule has 0 aliphatic carbocycles. The summed E-state index contributed by atoms with van der Waals surface area (Å²) in [6, 6.07) is 15.9. The number of amides is 2. The third-order valence-corrected chi connectivity index (χ3v) is 7.67. The first kappa shape index (κ1) is 23.7. The van der Waals surface area contributed by atoms with Crippen molar-refractivity contribution in [3.8, 4) is 0 Å². The van der Waals surface area contributed by atoms with Crippen LogP contribution in [0.15, 0.2) is 65.3 Å². The Morgan fingerprint density at radius 2 is 1.62 bits per heavy atom. The normalized spacial score (nSPS) is 15.1. The van der Waals surface area contributed by atoms with Crippen molar-refractivity contribution in [3.05, 3.63) is 77.7 Å². The van der Waals surface area contributed by atoms with Gasteiger partial charge in [0.15, 0.2) is 0 Å². The van der Waals surface area contributed by atoms with E-state index in [2.05, 4.69) is 15.8 Å². The molecule has 0 radical (unpaired) electrons. The van der Waals surface area contributed by atoms with E-state index in [0.717, 1.165) is 5.56 Å². The van der Waals surface area contributed by atoms with Crippen LogP contribution in [0.25, 0.3) is 0 Å². The van der Waals surface area contributed by atoms with Crippen molar-refractivity contribution in [2.75, 3.05) is 23.7 Å². The maximum absolute atomic E-state index is 12.7. The van der Waals surface area contributed by atoms with E-state index in [9.17, 15) is 18.0 Å². The lowest BCUT2D eigenvalue weighted by molar-refractivity contribution is -0.120. The topological polar surface area (TPSA) is 122 Å². The fraction of sp³-hybridized carbons (Fsp3) is 0.292. The fourth-order valence-corrected chi connectivity index (χ4v) is 5.43. The third kappa shape index (κ3) is 5.70. The predicted octanol–water partition coefficient (Wildman–Crippen LogP) is 3.42. The Balaban J connectivity index is 1.27. The quantitative estimate of drug-likeness (QED) is 0.532. The molecule has 1 saturated heterocycles. The fourth-order valence-electron chi connectivity index (χ4n) is 3.87. The lowest BCUT2D eigenvalue weighted by Gasteiger charge is -2.30. The van der Waals surface area contributed by atoms with Crippen LogP contribution >= 0.6 is 0 Å². The van der Waals surface area contributed by atoms with Crippen molar-refractivity contribution >= 4 is 33.2 Å². The highest BCUT2D eigenvalue weighted by Gasteiger charge is 2.31. The Labute approximate surface area is 198 Å². The molecule has 2 heterocycles. The van der Waals surface area contributed by atoms with Crippen molar-refractivity contribution in [1.29, 1.82) is 0 Å². The number of aryl methyl sites for hydroxylation is 1. The van der Waals surface area contributed by atoms with Crippen LogP contribution in [0.4, 0.5) is 11.4 Å². The maximum atomic E-state index is 12.7. The molecule has 0 bridgehead atoms. The highest BCUT2D eigenvalue weighted by atomic mass is 32.2. The first-order valence-corrected chi connectivity index (χ1v) is 12.6. The summed E-state index contributed by atoms with van der Waals surface area (Å²) in [6.07, 6.45) is 2.29. The van der Waals surface area contributed by atoms with Gasteiger partial charge >= 0.3 is 0 Å². The lowest BCUT2D eigenvalue weighted by atomic mass is 9.97. The number of rotatable bonds is 7. The Hall–Kier alpha value is -3.50. The number of benzene rings is 2. The molecule has 0 saturated carbocycles. The summed E-state index contributed by atoms with van der Waals surface area (Å²) in [7, 11) is -3.42. The van der Waals surface area contributed by atoms with Gasteiger partial charge in [-0.2, -0.15) is 0 Å². The van der Waals surface area contributed by atoms with E-state index in [4.69, 9.17) is 4.52 Å². The van der Waals surface area contributed by atoms with Gasteiger partial charge in [0.1, 0.15) is 11.3 Å². The molecular weight excluding hydrogens is 456 g/mol. The lowest BCUT2D eigenvalue weighted by Crippen LogP contribution is -2.41. The number of hydrogen-bond acceptors (Lipinski definition) is 6. The van der Waals surface area contributed by atoms with Crippen LogP contribution in [0, 0.1) is 12.8 Å². The standard InChI is InChI=1S/C24H26N4O5S/c1-17-22(15-25-33-17)24(30)27-21-9-7-20(8-10-21)26-23(29)19-11-13-28(14-12-19)34(31,32)16-18-5-3-2-4-6-18/h2-10,15,19H,11-14,16H2,1H3,(H,26,29)(H,27,30). The SMILES string of the molecule is Cc1oncc1C(=O)Nc1ccc(NC(=O)C2CCN(S(=O)(=O)Cc3ccccc3)CC2)cc1. The van der Waals surface area contributed by atoms with Gasteiger partial charge in [-0.25, -0.2) is 12.7 Å². The van der Waals surface area contributed by atoms with Gasteiger partial charge in [-0.05, 0) is 49.6 Å². The molecule has 9 nitrogen and oxygen atoms in total. The van der Waals surface area contributed by atoms with Crippen molar-refractivity contribution in [3.63, 3.8) is 0 Å². The first-order chi connectivity index (χ1) is 16.3. The largest absolute Gasteiger partial charge is 0.361 e. The van der Waals surface area contributed by atoms with Gasteiger partial charge < -0.3 is 15.2 Å². The summed E-state index contributed by atoms with van der Waals surface area (Å²) in [5.74, 6) is -0.342. The van der Waals surface area contributed by atoms with Crippen LogP contribution in [0.5, 0.6) is 0 Å². The van der Waals surface area contributed by atoms with E-state index < -0.39 is 10.0 Å². The van der Waals surface area contributed by atoms with Crippen LogP contribution in [-0.4, -0.2) is 42.8 Å². The van der Waals surface area contributed by atoms with Crippen LogP contribution < -0.4 is 10.6 Å². The molecular formula is C24H26N4O5S. The van der Waals surface area contributed by atoms with Crippen LogP contribution in [0.2, 0.25) is 0 Å². The number of nitrogens with one attached hydrogen (secondary N) is 2. The molecule has 178 valence electrons. The highest BCUT2D eigenvalue weighted by Crippen LogP contribution is 2.24. The molecule has 4 rings (SSSR count). The van der Waals surface area contributed by atoms with Gasteiger partial charge in [0.2, 0.25) is 15.9 Å². The number of carbonyl (C=O) groups excluding carboxylic acids is 2. The number of aromatic nitrogens is 1. The molecule has 1 aromatic heterocycles. The number of piperidine rings is 1. The molecule has 0 unspecified atom stereocenters. The van der Waals surface area contributed by atoms with E-state index in [1.807, 2.05) is 18.2 Å². The molecule has 3 aromatic rings. The number of carbonyl (C=O) groups is 2. The van der Waals surface area contributed by atoms with Crippen LogP contribution in [0.3, 0.4) is 0 Å². The molecule has 10 heteroatoms. The second-order valence-corrected chi connectivity index (χ2v) is 10.2. The average molecular weight is 483 g/mol. The minimum atomic E-state index is -3.42. The zero-order valence-electron chi connectivity index (χ0n) is 18.7. The molecule has 1 aliphatic heterocycles. The van der Waals surface area contributed by atoms with Crippen molar-refractivity contribution in [2.45, 2.75) is 25.5 Å². The monoisotopic (exact) mass is 482 g/mol. The van der Waals surface area contributed by atoms with Gasteiger partial charge in [-0.15, -0.1) is 0 Å². The number of nitrogens with zero attached hydrogens (tertiary/aromatic N) is 2. The summed E-state index contributed by atoms with van der Waals surface area (Å²) in [5.41, 5.74) is 2.27. The van der Waals surface area contributed by atoms with E-state index in [0.29, 0.717) is 48.6 Å². The summed E-state index contributed by atoms with van der Waals surface area (Å²) < 4.78 is 31.8. The summed E-state index contributed by atoms with van der Waals surface area (Å²) in [5, 5.41) is 9.22. The Kier molecular flexibility index (Phi) is 7.09. The number of anilines is 2.